The number of rotatable bonds is 6. The van der Waals surface area contributed by atoms with Crippen molar-refractivity contribution >= 4 is 34.0 Å². The van der Waals surface area contributed by atoms with E-state index in [1.165, 1.54) is 6.92 Å². The molecule has 0 bridgehead atoms. The van der Waals surface area contributed by atoms with Crippen LogP contribution in [-0.2, 0) is 4.79 Å². The Labute approximate surface area is 173 Å². The van der Waals surface area contributed by atoms with Crippen LogP contribution in [0.2, 0.25) is 0 Å². The van der Waals surface area contributed by atoms with E-state index < -0.39 is 0 Å². The van der Waals surface area contributed by atoms with Crippen molar-refractivity contribution in [2.24, 2.45) is 0 Å². The van der Waals surface area contributed by atoms with Crippen molar-refractivity contribution in [3.63, 3.8) is 0 Å². The van der Waals surface area contributed by atoms with Crippen LogP contribution in [0.1, 0.15) is 12.6 Å². The number of benzene rings is 2. The molecule has 2 aromatic heterocycles. The molecule has 0 atom stereocenters. The van der Waals surface area contributed by atoms with Gasteiger partial charge in [-0.2, -0.15) is 10.1 Å². The maximum Gasteiger partial charge on any atom is 0.229 e. The summed E-state index contributed by atoms with van der Waals surface area (Å²) in [6.45, 7) is 3.39. The number of pyridine rings is 1. The normalized spacial score (nSPS) is 10.6. The van der Waals surface area contributed by atoms with Crippen LogP contribution in [-0.4, -0.2) is 28.2 Å². The van der Waals surface area contributed by atoms with Gasteiger partial charge < -0.3 is 20.1 Å². The third-order valence-electron chi connectivity index (χ3n) is 4.36. The highest BCUT2D eigenvalue weighted by Gasteiger charge is 2.11. The van der Waals surface area contributed by atoms with Gasteiger partial charge in [0.15, 0.2) is 5.82 Å². The van der Waals surface area contributed by atoms with E-state index in [0.29, 0.717) is 34.7 Å². The molecule has 0 spiro atoms. The van der Waals surface area contributed by atoms with Crippen molar-refractivity contribution in [2.75, 3.05) is 17.7 Å². The Kier molecular flexibility index (Phi) is 5.21. The van der Waals surface area contributed by atoms with Gasteiger partial charge in [-0.3, -0.25) is 9.89 Å². The zero-order valence-corrected chi connectivity index (χ0v) is 16.8. The first-order valence-electron chi connectivity index (χ1n) is 9.33. The number of nitrogens with one attached hydrogen (secondary N) is 3. The average molecular weight is 403 g/mol. The fraction of sp³-hybridized carbons (Fsp3) is 0.136. The van der Waals surface area contributed by atoms with Crippen LogP contribution in [0, 0.1) is 6.92 Å². The first-order chi connectivity index (χ1) is 14.5. The second-order valence-electron chi connectivity index (χ2n) is 6.77. The molecule has 0 fully saturated rings. The van der Waals surface area contributed by atoms with Crippen LogP contribution in [0.3, 0.4) is 0 Å². The highest BCUT2D eigenvalue weighted by molar-refractivity contribution is 5.91. The number of amides is 1. The monoisotopic (exact) mass is 403 g/mol. The largest absolute Gasteiger partial charge is 0.497 e. The molecule has 0 radical (unpaired) electrons. The second-order valence-corrected chi connectivity index (χ2v) is 6.77. The van der Waals surface area contributed by atoms with Crippen molar-refractivity contribution < 1.29 is 14.3 Å². The minimum absolute atomic E-state index is 0.129. The van der Waals surface area contributed by atoms with Gasteiger partial charge in [0.25, 0.3) is 0 Å². The zero-order valence-electron chi connectivity index (χ0n) is 16.8. The molecule has 1 amide bonds. The lowest BCUT2D eigenvalue weighted by molar-refractivity contribution is -0.114. The quantitative estimate of drug-likeness (QED) is 0.429. The molecule has 3 N–H and O–H groups in total. The highest BCUT2D eigenvalue weighted by atomic mass is 16.5. The van der Waals surface area contributed by atoms with Gasteiger partial charge in [-0.1, -0.05) is 6.07 Å². The van der Waals surface area contributed by atoms with Crippen molar-refractivity contribution in [1.29, 1.82) is 0 Å². The summed E-state index contributed by atoms with van der Waals surface area (Å²) in [7, 11) is 1.62. The lowest BCUT2D eigenvalue weighted by atomic mass is 10.1. The highest BCUT2D eigenvalue weighted by Crippen LogP contribution is 2.34. The van der Waals surface area contributed by atoms with Crippen molar-refractivity contribution in [3.05, 3.63) is 60.3 Å². The molecule has 0 saturated carbocycles. The van der Waals surface area contributed by atoms with Crippen LogP contribution in [0.15, 0.2) is 54.6 Å². The van der Waals surface area contributed by atoms with Gasteiger partial charge in [-0.25, -0.2) is 0 Å². The van der Waals surface area contributed by atoms with Gasteiger partial charge in [-0.15, -0.1) is 0 Å². The van der Waals surface area contributed by atoms with E-state index in [4.69, 9.17) is 9.47 Å². The zero-order chi connectivity index (χ0) is 21.1. The Hall–Kier alpha value is -4.07. The minimum Gasteiger partial charge on any atom is -0.497 e. The predicted octanol–water partition coefficient (Wildman–Crippen LogP) is 4.77. The number of aromatic amines is 1. The lowest BCUT2D eigenvalue weighted by Crippen LogP contribution is -2.05. The summed E-state index contributed by atoms with van der Waals surface area (Å²) in [6, 6.07) is 16.6. The van der Waals surface area contributed by atoms with Crippen LogP contribution in [0.4, 0.5) is 17.3 Å². The van der Waals surface area contributed by atoms with Crippen molar-refractivity contribution in [2.45, 2.75) is 13.8 Å². The van der Waals surface area contributed by atoms with Gasteiger partial charge >= 0.3 is 0 Å². The van der Waals surface area contributed by atoms with Gasteiger partial charge in [0, 0.05) is 29.8 Å². The molecule has 8 nitrogen and oxygen atoms in total. The van der Waals surface area contributed by atoms with Crippen molar-refractivity contribution in [3.8, 4) is 17.4 Å². The first-order valence-corrected chi connectivity index (χ1v) is 9.33. The van der Waals surface area contributed by atoms with E-state index in [1.807, 2.05) is 37.3 Å². The number of anilines is 3. The van der Waals surface area contributed by atoms with Crippen molar-refractivity contribution in [1.82, 2.24) is 15.2 Å². The number of fused-ring (bicyclic) bond motifs is 1. The molecule has 30 heavy (non-hydrogen) atoms. The number of aromatic nitrogens is 3. The van der Waals surface area contributed by atoms with E-state index in [2.05, 4.69) is 25.8 Å². The third-order valence-corrected chi connectivity index (χ3v) is 4.36. The topological polar surface area (TPSA) is 101 Å². The maximum absolute atomic E-state index is 11.2. The summed E-state index contributed by atoms with van der Waals surface area (Å²) in [5, 5.41) is 14.8. The van der Waals surface area contributed by atoms with E-state index in [0.717, 1.165) is 16.5 Å². The predicted molar refractivity (Wildman–Crippen MR) is 116 cm³/mol. The molecular formula is C22H21N5O3. The number of ether oxygens (including phenoxy) is 2. The number of nitrogens with zero attached hydrogens (tertiary/aromatic N) is 2. The molecule has 0 aliphatic heterocycles. The number of carbonyl (C=O) groups excluding carboxylic acids is 1. The molecule has 152 valence electrons. The summed E-state index contributed by atoms with van der Waals surface area (Å²) < 4.78 is 11.4. The molecule has 2 heterocycles. The van der Waals surface area contributed by atoms with Crippen LogP contribution in [0.25, 0.3) is 10.8 Å². The van der Waals surface area contributed by atoms with Gasteiger partial charge in [0.05, 0.1) is 7.11 Å². The maximum atomic E-state index is 11.2. The number of carbonyl (C=O) groups is 1. The Bertz CT molecular complexity index is 1200. The summed E-state index contributed by atoms with van der Waals surface area (Å²) in [4.78, 5) is 15.8. The number of hydrogen-bond donors (Lipinski definition) is 3. The molecule has 4 rings (SSSR count). The van der Waals surface area contributed by atoms with Gasteiger partial charge in [-0.05, 0) is 54.8 Å². The molecule has 8 heteroatoms. The smallest absolute Gasteiger partial charge is 0.229 e. The van der Waals surface area contributed by atoms with E-state index in [1.54, 1.807) is 31.4 Å². The van der Waals surface area contributed by atoms with Gasteiger partial charge in [0.2, 0.25) is 11.8 Å². The molecule has 0 unspecified atom stereocenters. The third kappa shape index (κ3) is 4.33. The molecule has 0 aliphatic carbocycles. The molecule has 2 aromatic carbocycles. The van der Waals surface area contributed by atoms with Crippen LogP contribution >= 0.6 is 0 Å². The summed E-state index contributed by atoms with van der Waals surface area (Å²) in [5.74, 6) is 2.86. The second kappa shape index (κ2) is 8.12. The number of hydrogen-bond acceptors (Lipinski definition) is 6. The molecular weight excluding hydrogens is 382 g/mol. The molecule has 0 aliphatic rings. The van der Waals surface area contributed by atoms with E-state index in [9.17, 15) is 4.79 Å². The summed E-state index contributed by atoms with van der Waals surface area (Å²) in [5.41, 5.74) is 1.64. The summed E-state index contributed by atoms with van der Waals surface area (Å²) >= 11 is 0. The first kappa shape index (κ1) is 19.3. The number of methoxy groups -OCH3 is 1. The Balaban J connectivity index is 1.70. The molecule has 4 aromatic rings. The summed E-state index contributed by atoms with van der Waals surface area (Å²) in [6.07, 6.45) is 0. The average Bonchev–Trinajstić information content (AvgIpc) is 3.13. The molecule has 0 saturated heterocycles. The van der Waals surface area contributed by atoms with Crippen LogP contribution in [0.5, 0.6) is 17.4 Å². The number of H-pyrrole nitrogens is 1. The fourth-order valence-electron chi connectivity index (χ4n) is 3.00. The Morgan fingerprint density at radius 2 is 1.77 bits per heavy atom. The van der Waals surface area contributed by atoms with Crippen LogP contribution < -0.4 is 20.1 Å². The Morgan fingerprint density at radius 3 is 2.43 bits per heavy atom. The lowest BCUT2D eigenvalue weighted by Gasteiger charge is -2.12. The Morgan fingerprint density at radius 1 is 1.00 bits per heavy atom. The van der Waals surface area contributed by atoms with Gasteiger partial charge in [0.1, 0.15) is 17.3 Å². The standard InChI is InChI=1S/C22H21N5O3/c1-13-10-21(27-26-13)24-20-11-15-4-7-18(29-3)12-19(15)22(25-20)30-17-8-5-16(6-9-17)23-14(2)28/h4-12H,1-3H3,(H,23,28)(H2,24,25,26,27). The SMILES string of the molecule is COc1ccc2cc(Nc3cc(C)[nH]n3)nc(Oc3ccc(NC(C)=O)cc3)c2c1. The van der Waals surface area contributed by atoms with E-state index >= 15 is 0 Å². The van der Waals surface area contributed by atoms with E-state index in [-0.39, 0.29) is 5.91 Å². The minimum atomic E-state index is -0.129. The number of aryl methyl sites for hydroxylation is 1. The fourth-order valence-corrected chi connectivity index (χ4v) is 3.00.